The highest BCUT2D eigenvalue weighted by atomic mass is 14.9. The minimum Gasteiger partial charge on any atom is -0.293 e. The second kappa shape index (κ2) is 7.47. The number of hydrogen-bond donors (Lipinski definition) is 1. The second-order valence-electron chi connectivity index (χ2n) is 4.80. The smallest absolute Gasteiger partial charge is 0.0694 e. The fraction of sp³-hybridized carbons (Fsp3) is 0.278. The van der Waals surface area contributed by atoms with Gasteiger partial charge in [-0.05, 0) is 29.7 Å². The molecule has 1 N–H and O–H groups in total. The van der Waals surface area contributed by atoms with Crippen molar-refractivity contribution in [2.75, 3.05) is 0 Å². The molecule has 102 valence electrons. The van der Waals surface area contributed by atoms with Gasteiger partial charge in [0.25, 0.3) is 0 Å². The number of hydrogen-bond acceptors (Lipinski definition) is 2. The maximum atomic E-state index is 5.64. The molecule has 0 aliphatic heterocycles. The number of terminal acetylenes is 1. The third-order valence-corrected chi connectivity index (χ3v) is 3.32. The molecular weight excluding hydrogens is 244 g/mol. The van der Waals surface area contributed by atoms with E-state index in [0.717, 1.165) is 12.8 Å². The monoisotopic (exact) mass is 264 g/mol. The molecule has 2 unspecified atom stereocenters. The molecule has 2 nitrogen and oxygen atoms in total. The third-order valence-electron chi connectivity index (χ3n) is 3.32. The zero-order chi connectivity index (χ0) is 14.2. The molecule has 1 aromatic carbocycles. The topological polar surface area (TPSA) is 24.9 Å². The van der Waals surface area contributed by atoms with E-state index >= 15 is 0 Å². The maximum absolute atomic E-state index is 5.64. The first-order chi connectivity index (χ1) is 9.85. The van der Waals surface area contributed by atoms with Crippen molar-refractivity contribution in [1.82, 2.24) is 10.3 Å². The molecule has 0 saturated heterocycles. The van der Waals surface area contributed by atoms with Gasteiger partial charge in [0, 0.05) is 12.4 Å². The summed E-state index contributed by atoms with van der Waals surface area (Å²) >= 11 is 0. The van der Waals surface area contributed by atoms with Gasteiger partial charge in [0.1, 0.15) is 0 Å². The Morgan fingerprint density at radius 1 is 1.10 bits per heavy atom. The van der Waals surface area contributed by atoms with Gasteiger partial charge < -0.3 is 0 Å². The Morgan fingerprint density at radius 3 is 2.35 bits per heavy atom. The van der Waals surface area contributed by atoms with E-state index in [0.29, 0.717) is 0 Å². The van der Waals surface area contributed by atoms with Crippen molar-refractivity contribution in [3.05, 3.63) is 66.0 Å². The summed E-state index contributed by atoms with van der Waals surface area (Å²) in [7, 11) is 0. The molecule has 2 aromatic rings. The van der Waals surface area contributed by atoms with Crippen molar-refractivity contribution in [1.29, 1.82) is 0 Å². The van der Waals surface area contributed by atoms with Gasteiger partial charge in [-0.15, -0.1) is 6.42 Å². The summed E-state index contributed by atoms with van der Waals surface area (Å²) in [6.07, 6.45) is 11.3. The van der Waals surface area contributed by atoms with Gasteiger partial charge in [0.15, 0.2) is 0 Å². The Kier molecular flexibility index (Phi) is 5.34. The zero-order valence-corrected chi connectivity index (χ0v) is 11.8. The number of benzene rings is 1. The predicted molar refractivity (Wildman–Crippen MR) is 83.2 cm³/mol. The summed E-state index contributed by atoms with van der Waals surface area (Å²) in [6.45, 7) is 2.15. The lowest BCUT2D eigenvalue weighted by molar-refractivity contribution is 0.514. The van der Waals surface area contributed by atoms with Crippen LogP contribution in [-0.4, -0.2) is 11.0 Å². The number of rotatable bonds is 6. The third kappa shape index (κ3) is 3.69. The van der Waals surface area contributed by atoms with Crippen LogP contribution in [0.2, 0.25) is 0 Å². The van der Waals surface area contributed by atoms with Crippen LogP contribution in [0.1, 0.15) is 36.9 Å². The van der Waals surface area contributed by atoms with E-state index in [2.05, 4.69) is 47.4 Å². The molecule has 1 aromatic heterocycles. The molecule has 2 atom stereocenters. The Bertz CT molecular complexity index is 503. The number of pyridine rings is 1. The average molecular weight is 264 g/mol. The first kappa shape index (κ1) is 14.3. The van der Waals surface area contributed by atoms with Gasteiger partial charge in [-0.25, -0.2) is 0 Å². The molecular formula is C18H20N2. The fourth-order valence-corrected chi connectivity index (χ4v) is 2.29. The lowest BCUT2D eigenvalue weighted by Gasteiger charge is -2.23. The number of nitrogens with one attached hydrogen (secondary N) is 1. The average Bonchev–Trinajstić information content (AvgIpc) is 2.53. The Balaban J connectivity index is 2.28. The Labute approximate surface area is 121 Å². The van der Waals surface area contributed by atoms with Crippen LogP contribution in [-0.2, 0) is 0 Å². The van der Waals surface area contributed by atoms with E-state index in [9.17, 15) is 0 Å². The Morgan fingerprint density at radius 2 is 1.75 bits per heavy atom. The highest BCUT2D eigenvalue weighted by molar-refractivity contribution is 5.31. The van der Waals surface area contributed by atoms with Crippen molar-refractivity contribution in [3.63, 3.8) is 0 Å². The van der Waals surface area contributed by atoms with Crippen LogP contribution in [0.4, 0.5) is 0 Å². The van der Waals surface area contributed by atoms with Crippen LogP contribution >= 0.6 is 0 Å². The summed E-state index contributed by atoms with van der Waals surface area (Å²) < 4.78 is 0. The molecule has 0 aliphatic carbocycles. The van der Waals surface area contributed by atoms with E-state index in [1.807, 2.05) is 30.6 Å². The summed E-state index contributed by atoms with van der Waals surface area (Å²) in [5, 5.41) is 3.57. The molecule has 20 heavy (non-hydrogen) atoms. The van der Waals surface area contributed by atoms with E-state index in [4.69, 9.17) is 6.42 Å². The summed E-state index contributed by atoms with van der Waals surface area (Å²) in [6, 6.07) is 14.6. The molecule has 0 fully saturated rings. The quantitative estimate of drug-likeness (QED) is 0.807. The van der Waals surface area contributed by atoms with Crippen molar-refractivity contribution in [3.8, 4) is 12.3 Å². The maximum Gasteiger partial charge on any atom is 0.0694 e. The lowest BCUT2D eigenvalue weighted by Crippen LogP contribution is -2.32. The number of nitrogens with zero attached hydrogens (tertiary/aromatic N) is 1. The molecule has 1 heterocycles. The molecule has 0 bridgehead atoms. The lowest BCUT2D eigenvalue weighted by atomic mass is 9.98. The first-order valence-corrected chi connectivity index (χ1v) is 7.02. The summed E-state index contributed by atoms with van der Waals surface area (Å²) in [4.78, 5) is 4.09. The minimum absolute atomic E-state index is 0.0818. The molecule has 0 radical (unpaired) electrons. The van der Waals surface area contributed by atoms with Crippen LogP contribution in [0.3, 0.4) is 0 Å². The minimum atomic E-state index is 0.0818. The molecule has 2 rings (SSSR count). The molecule has 0 aliphatic rings. The van der Waals surface area contributed by atoms with E-state index < -0.39 is 0 Å². The van der Waals surface area contributed by atoms with E-state index in [-0.39, 0.29) is 12.1 Å². The Hall–Kier alpha value is -2.11. The van der Waals surface area contributed by atoms with Gasteiger partial charge >= 0.3 is 0 Å². The normalized spacial score (nSPS) is 13.4. The SMILES string of the molecule is C#CC(CCC)NC(c1ccccc1)c1ccncc1. The molecule has 2 heteroatoms. The van der Waals surface area contributed by atoms with Crippen molar-refractivity contribution >= 4 is 0 Å². The van der Waals surface area contributed by atoms with E-state index in [1.165, 1.54) is 11.1 Å². The largest absolute Gasteiger partial charge is 0.293 e. The van der Waals surface area contributed by atoms with Gasteiger partial charge in [0.2, 0.25) is 0 Å². The van der Waals surface area contributed by atoms with Crippen molar-refractivity contribution < 1.29 is 0 Å². The first-order valence-electron chi connectivity index (χ1n) is 7.02. The number of aromatic nitrogens is 1. The van der Waals surface area contributed by atoms with Gasteiger partial charge in [-0.2, -0.15) is 0 Å². The van der Waals surface area contributed by atoms with E-state index in [1.54, 1.807) is 0 Å². The molecule has 0 saturated carbocycles. The van der Waals surface area contributed by atoms with Crippen LogP contribution in [0.15, 0.2) is 54.9 Å². The summed E-state index contributed by atoms with van der Waals surface area (Å²) in [5.74, 6) is 2.85. The van der Waals surface area contributed by atoms with Gasteiger partial charge in [-0.3, -0.25) is 10.3 Å². The van der Waals surface area contributed by atoms with Crippen LogP contribution < -0.4 is 5.32 Å². The highest BCUT2D eigenvalue weighted by Crippen LogP contribution is 2.22. The molecule has 0 amide bonds. The van der Waals surface area contributed by atoms with Crippen molar-refractivity contribution in [2.24, 2.45) is 0 Å². The second-order valence-corrected chi connectivity index (χ2v) is 4.80. The summed E-state index contributed by atoms with van der Waals surface area (Å²) in [5.41, 5.74) is 2.40. The van der Waals surface area contributed by atoms with Crippen LogP contribution in [0.5, 0.6) is 0 Å². The van der Waals surface area contributed by atoms with Crippen molar-refractivity contribution in [2.45, 2.75) is 31.8 Å². The fourth-order valence-electron chi connectivity index (χ4n) is 2.29. The molecule has 0 spiro atoms. The predicted octanol–water partition coefficient (Wildman–Crippen LogP) is 3.56. The van der Waals surface area contributed by atoms with Gasteiger partial charge in [0.05, 0.1) is 12.1 Å². The van der Waals surface area contributed by atoms with Crippen LogP contribution in [0.25, 0.3) is 0 Å². The van der Waals surface area contributed by atoms with Crippen LogP contribution in [0, 0.1) is 12.3 Å². The van der Waals surface area contributed by atoms with Gasteiger partial charge in [-0.1, -0.05) is 49.6 Å². The highest BCUT2D eigenvalue weighted by Gasteiger charge is 2.16. The zero-order valence-electron chi connectivity index (χ0n) is 11.8. The standard InChI is InChI=1S/C18H20N2/c1-3-8-17(4-2)20-18(15-9-6-5-7-10-15)16-11-13-19-14-12-16/h2,5-7,9-14,17-18,20H,3,8H2,1H3.